The zero-order valence-electron chi connectivity index (χ0n) is 26.8. The van der Waals surface area contributed by atoms with Gasteiger partial charge < -0.3 is 9.64 Å². The van der Waals surface area contributed by atoms with Crippen LogP contribution in [0.2, 0.25) is 0 Å². The molecule has 0 spiro atoms. The number of amides is 1. The van der Waals surface area contributed by atoms with Crippen LogP contribution in [0.4, 0.5) is 5.69 Å². The van der Waals surface area contributed by atoms with Gasteiger partial charge in [0.25, 0.3) is 15.9 Å². The van der Waals surface area contributed by atoms with Gasteiger partial charge in [-0.3, -0.25) is 9.69 Å². The third-order valence-electron chi connectivity index (χ3n) is 8.44. The lowest BCUT2D eigenvalue weighted by molar-refractivity contribution is 0.0981. The number of ether oxygens (including phenoxy) is 1. The predicted octanol–water partition coefficient (Wildman–Crippen LogP) is 7.23. The minimum absolute atomic E-state index is 0.0520. The summed E-state index contributed by atoms with van der Waals surface area (Å²) in [5.41, 5.74) is 3.82. The number of piperidine rings is 1. The second-order valence-corrected chi connectivity index (χ2v) is 15.4. The maximum absolute atomic E-state index is 13.1. The second kappa shape index (κ2) is 15.2. The van der Waals surface area contributed by atoms with E-state index in [1.807, 2.05) is 60.7 Å². The molecule has 0 radical (unpaired) electrons. The Hall–Kier alpha value is -3.79. The summed E-state index contributed by atoms with van der Waals surface area (Å²) >= 11 is 1.81. The second-order valence-electron chi connectivity index (χ2n) is 12.5. The van der Waals surface area contributed by atoms with E-state index in [1.165, 1.54) is 4.90 Å². The predicted molar refractivity (Wildman–Crippen MR) is 187 cm³/mol. The molecule has 0 bridgehead atoms. The topological polar surface area (TPSA) is 79.0 Å². The van der Waals surface area contributed by atoms with Crippen LogP contribution in [0.1, 0.15) is 48.2 Å². The third kappa shape index (κ3) is 9.37. The number of nitrogens with zero attached hydrogens (tertiary/aromatic N) is 2. The summed E-state index contributed by atoms with van der Waals surface area (Å²) in [6, 6.07) is 32.3. The molecule has 0 saturated carbocycles. The summed E-state index contributed by atoms with van der Waals surface area (Å²) in [6.07, 6.45) is 2.22. The Labute approximate surface area is 278 Å². The van der Waals surface area contributed by atoms with Crippen molar-refractivity contribution in [3.8, 4) is 5.75 Å². The Morgan fingerprint density at radius 1 is 0.870 bits per heavy atom. The van der Waals surface area contributed by atoms with Crippen molar-refractivity contribution in [1.82, 2.24) is 9.62 Å². The number of rotatable bonds is 13. The average molecular weight is 658 g/mol. The standard InChI is InChI=1S/C37H43N3O4S2/c1-37(2)20-22-40(23-21-37)32-16-14-31(15-17-32)36(41)38-46(42,43)35-18-12-29(13-19-35)27-39(24-25-45-34-10-5-4-6-11-34)28-30-8-7-9-33(26-30)44-3/h4-19,26H,20-25,27-28H2,1-3H3,(H,38,41). The van der Waals surface area contributed by atoms with Crippen LogP contribution >= 0.6 is 11.8 Å². The normalized spacial score (nSPS) is 14.7. The fraction of sp³-hybridized carbons (Fsp3) is 0.324. The van der Waals surface area contributed by atoms with Gasteiger partial charge in [-0.1, -0.05) is 56.3 Å². The maximum atomic E-state index is 13.1. The minimum Gasteiger partial charge on any atom is -0.497 e. The number of hydrogen-bond acceptors (Lipinski definition) is 7. The van der Waals surface area contributed by atoms with E-state index >= 15 is 0 Å². The number of hydrogen-bond donors (Lipinski definition) is 1. The van der Waals surface area contributed by atoms with Crippen molar-refractivity contribution in [1.29, 1.82) is 0 Å². The van der Waals surface area contributed by atoms with E-state index in [-0.39, 0.29) is 4.90 Å². The van der Waals surface area contributed by atoms with Crippen molar-refractivity contribution in [3.05, 3.63) is 120 Å². The van der Waals surface area contributed by atoms with E-state index < -0.39 is 15.9 Å². The number of sulfonamides is 1. The van der Waals surface area contributed by atoms with Crippen molar-refractivity contribution < 1.29 is 17.9 Å². The fourth-order valence-electron chi connectivity index (χ4n) is 5.52. The van der Waals surface area contributed by atoms with Gasteiger partial charge in [-0.2, -0.15) is 0 Å². The van der Waals surface area contributed by atoms with Gasteiger partial charge in [0.2, 0.25) is 0 Å². The molecular weight excluding hydrogens is 615 g/mol. The molecule has 7 nitrogen and oxygen atoms in total. The van der Waals surface area contributed by atoms with Gasteiger partial charge in [0.1, 0.15) is 5.75 Å². The molecule has 1 aliphatic rings. The first-order chi connectivity index (χ1) is 22.1. The van der Waals surface area contributed by atoms with Gasteiger partial charge in [0.15, 0.2) is 0 Å². The van der Waals surface area contributed by atoms with Crippen molar-refractivity contribution >= 4 is 33.4 Å². The summed E-state index contributed by atoms with van der Waals surface area (Å²) in [5.74, 6) is 1.08. The summed E-state index contributed by atoms with van der Waals surface area (Å²) in [4.78, 5) is 18.8. The zero-order chi connectivity index (χ0) is 32.6. The molecule has 0 unspecified atom stereocenters. The highest BCUT2D eigenvalue weighted by Gasteiger charge is 2.26. The molecule has 1 heterocycles. The highest BCUT2D eigenvalue weighted by molar-refractivity contribution is 7.99. The molecule has 9 heteroatoms. The number of benzene rings is 4. The molecule has 242 valence electrons. The van der Waals surface area contributed by atoms with Crippen LogP contribution in [0, 0.1) is 5.41 Å². The lowest BCUT2D eigenvalue weighted by Crippen LogP contribution is -2.37. The van der Waals surface area contributed by atoms with E-state index in [1.54, 1.807) is 43.1 Å². The number of methoxy groups -OCH3 is 1. The summed E-state index contributed by atoms with van der Waals surface area (Å²) in [7, 11) is -2.37. The molecule has 1 N–H and O–H groups in total. The zero-order valence-corrected chi connectivity index (χ0v) is 28.4. The Morgan fingerprint density at radius 3 is 2.22 bits per heavy atom. The minimum atomic E-state index is -4.04. The maximum Gasteiger partial charge on any atom is 0.264 e. The van der Waals surface area contributed by atoms with Gasteiger partial charge in [0, 0.05) is 54.6 Å². The number of anilines is 1. The largest absolute Gasteiger partial charge is 0.497 e. The van der Waals surface area contributed by atoms with Gasteiger partial charge in [0.05, 0.1) is 12.0 Å². The number of nitrogens with one attached hydrogen (secondary N) is 1. The molecule has 0 aliphatic carbocycles. The van der Waals surface area contributed by atoms with Crippen LogP contribution in [0.15, 0.2) is 113 Å². The molecule has 4 aromatic rings. The molecular formula is C37H43N3O4S2. The fourth-order valence-corrected chi connectivity index (χ4v) is 7.43. The molecule has 0 atom stereocenters. The number of thioether (sulfide) groups is 1. The molecule has 1 amide bonds. The highest BCUT2D eigenvalue weighted by Crippen LogP contribution is 2.32. The Kier molecular flexibility index (Phi) is 11.1. The summed E-state index contributed by atoms with van der Waals surface area (Å²) in [6.45, 7) is 8.71. The highest BCUT2D eigenvalue weighted by atomic mass is 32.2. The van der Waals surface area contributed by atoms with E-state index in [0.29, 0.717) is 17.5 Å². The molecule has 0 aromatic heterocycles. The van der Waals surface area contributed by atoms with Gasteiger partial charge in [-0.05, 0) is 90.0 Å². The number of carbonyl (C=O) groups is 1. The first-order valence-corrected chi connectivity index (χ1v) is 18.1. The van der Waals surface area contributed by atoms with Crippen molar-refractivity contribution in [2.24, 2.45) is 5.41 Å². The van der Waals surface area contributed by atoms with E-state index in [0.717, 1.165) is 67.3 Å². The van der Waals surface area contributed by atoms with Crippen LogP contribution in [0.25, 0.3) is 0 Å². The SMILES string of the molecule is COc1cccc(CN(CCSc2ccccc2)Cc2ccc(S(=O)(=O)NC(=O)c3ccc(N4CCC(C)(C)CC4)cc3)cc2)c1. The summed E-state index contributed by atoms with van der Waals surface area (Å²) < 4.78 is 33.9. The lowest BCUT2D eigenvalue weighted by atomic mass is 9.82. The molecule has 5 rings (SSSR count). The quantitative estimate of drug-likeness (QED) is 0.152. The molecule has 4 aromatic carbocycles. The average Bonchev–Trinajstić information content (AvgIpc) is 3.05. The van der Waals surface area contributed by atoms with E-state index in [2.05, 4.69) is 46.6 Å². The van der Waals surface area contributed by atoms with E-state index in [9.17, 15) is 13.2 Å². The van der Waals surface area contributed by atoms with Crippen LogP contribution in [-0.4, -0.2) is 51.7 Å². The van der Waals surface area contributed by atoms with Crippen molar-refractivity contribution in [3.63, 3.8) is 0 Å². The first kappa shape index (κ1) is 33.6. The van der Waals surface area contributed by atoms with Crippen LogP contribution < -0.4 is 14.4 Å². The first-order valence-electron chi connectivity index (χ1n) is 15.6. The Morgan fingerprint density at radius 2 is 1.54 bits per heavy atom. The van der Waals surface area contributed by atoms with Crippen LogP contribution in [0.5, 0.6) is 5.75 Å². The molecule has 1 fully saturated rings. The third-order valence-corrected chi connectivity index (χ3v) is 10.8. The van der Waals surface area contributed by atoms with Gasteiger partial charge >= 0.3 is 0 Å². The number of carbonyl (C=O) groups excluding carboxylic acids is 1. The Bertz CT molecular complexity index is 1680. The molecule has 46 heavy (non-hydrogen) atoms. The van der Waals surface area contributed by atoms with Crippen molar-refractivity contribution in [2.75, 3.05) is 37.4 Å². The van der Waals surface area contributed by atoms with Crippen molar-refractivity contribution in [2.45, 2.75) is 49.6 Å². The lowest BCUT2D eigenvalue weighted by Gasteiger charge is -2.38. The molecule has 1 aliphatic heterocycles. The monoisotopic (exact) mass is 657 g/mol. The van der Waals surface area contributed by atoms with Gasteiger partial charge in [-0.15, -0.1) is 11.8 Å². The summed E-state index contributed by atoms with van der Waals surface area (Å²) in [5, 5.41) is 0. The molecule has 1 saturated heterocycles. The van der Waals surface area contributed by atoms with Crippen LogP contribution in [0.3, 0.4) is 0 Å². The van der Waals surface area contributed by atoms with Gasteiger partial charge in [-0.25, -0.2) is 13.1 Å². The Balaban J connectivity index is 1.21. The smallest absolute Gasteiger partial charge is 0.264 e. The van der Waals surface area contributed by atoms with E-state index in [4.69, 9.17) is 4.74 Å². The van der Waals surface area contributed by atoms with Crippen LogP contribution in [-0.2, 0) is 23.1 Å².